The zero-order chi connectivity index (χ0) is 8.43. The van der Waals surface area contributed by atoms with Crippen LogP contribution in [-0.2, 0) is 13.6 Å². The third kappa shape index (κ3) is 1.40. The van der Waals surface area contributed by atoms with E-state index in [2.05, 4.69) is 4.98 Å². The SMILES string of the molecule is CC(F)c1cnc(CN)n1C. The van der Waals surface area contributed by atoms with Crippen molar-refractivity contribution in [2.75, 3.05) is 0 Å². The van der Waals surface area contributed by atoms with Gasteiger partial charge in [0, 0.05) is 7.05 Å². The van der Waals surface area contributed by atoms with Crippen molar-refractivity contribution in [2.24, 2.45) is 12.8 Å². The molecule has 1 atom stereocenters. The number of nitrogens with zero attached hydrogens (tertiary/aromatic N) is 2. The number of alkyl halides is 1. The second-order valence-corrected chi connectivity index (χ2v) is 2.48. The number of nitrogens with two attached hydrogens (primary N) is 1. The van der Waals surface area contributed by atoms with Crippen LogP contribution < -0.4 is 5.73 Å². The van der Waals surface area contributed by atoms with Crippen LogP contribution in [-0.4, -0.2) is 9.55 Å². The summed E-state index contributed by atoms with van der Waals surface area (Å²) in [7, 11) is 1.76. The number of imidazole rings is 1. The molecule has 0 bridgehead atoms. The largest absolute Gasteiger partial charge is 0.332 e. The van der Waals surface area contributed by atoms with Crippen LogP contribution in [0.25, 0.3) is 0 Å². The van der Waals surface area contributed by atoms with Crippen LogP contribution in [0.15, 0.2) is 6.20 Å². The van der Waals surface area contributed by atoms with E-state index in [0.29, 0.717) is 18.1 Å². The monoisotopic (exact) mass is 157 g/mol. The summed E-state index contributed by atoms with van der Waals surface area (Å²) in [6.45, 7) is 1.83. The van der Waals surface area contributed by atoms with Crippen LogP contribution in [0.1, 0.15) is 24.6 Å². The minimum absolute atomic E-state index is 0.350. The lowest BCUT2D eigenvalue weighted by Crippen LogP contribution is -2.07. The zero-order valence-corrected chi connectivity index (χ0v) is 6.71. The summed E-state index contributed by atoms with van der Waals surface area (Å²) in [5.74, 6) is 0.713. The highest BCUT2D eigenvalue weighted by atomic mass is 19.1. The molecule has 0 saturated carbocycles. The fourth-order valence-corrected chi connectivity index (χ4v) is 1.02. The topological polar surface area (TPSA) is 43.8 Å². The van der Waals surface area contributed by atoms with E-state index in [1.54, 1.807) is 11.6 Å². The normalized spacial score (nSPS) is 13.5. The van der Waals surface area contributed by atoms with E-state index in [9.17, 15) is 4.39 Å². The van der Waals surface area contributed by atoms with Crippen LogP contribution in [0.2, 0.25) is 0 Å². The molecule has 0 saturated heterocycles. The number of aromatic nitrogens is 2. The Morgan fingerprint density at radius 2 is 2.45 bits per heavy atom. The second-order valence-electron chi connectivity index (χ2n) is 2.48. The van der Waals surface area contributed by atoms with Gasteiger partial charge in [-0.1, -0.05) is 0 Å². The van der Waals surface area contributed by atoms with Gasteiger partial charge >= 0.3 is 0 Å². The Hall–Kier alpha value is -0.900. The van der Waals surface area contributed by atoms with Crippen molar-refractivity contribution >= 4 is 0 Å². The summed E-state index contributed by atoms with van der Waals surface area (Å²) in [5, 5.41) is 0. The summed E-state index contributed by atoms with van der Waals surface area (Å²) in [6, 6.07) is 0. The van der Waals surface area contributed by atoms with Crippen LogP contribution in [0.3, 0.4) is 0 Å². The van der Waals surface area contributed by atoms with Crippen molar-refractivity contribution in [1.29, 1.82) is 0 Å². The lowest BCUT2D eigenvalue weighted by molar-refractivity contribution is 0.357. The summed E-state index contributed by atoms with van der Waals surface area (Å²) < 4.78 is 14.4. The first-order valence-electron chi connectivity index (χ1n) is 3.51. The van der Waals surface area contributed by atoms with Gasteiger partial charge in [-0.05, 0) is 6.92 Å². The molecule has 4 heteroatoms. The molecule has 0 amide bonds. The first-order valence-corrected chi connectivity index (χ1v) is 3.51. The molecule has 11 heavy (non-hydrogen) atoms. The summed E-state index contributed by atoms with van der Waals surface area (Å²) >= 11 is 0. The van der Waals surface area contributed by atoms with Gasteiger partial charge in [0.05, 0.1) is 18.4 Å². The molecule has 0 aliphatic rings. The molecule has 1 unspecified atom stereocenters. The Balaban J connectivity index is 3.00. The summed E-state index contributed by atoms with van der Waals surface area (Å²) in [5.41, 5.74) is 5.93. The average Bonchev–Trinajstić information content (AvgIpc) is 2.30. The van der Waals surface area contributed by atoms with Gasteiger partial charge in [0.15, 0.2) is 0 Å². The van der Waals surface area contributed by atoms with Gasteiger partial charge in [0.1, 0.15) is 12.0 Å². The lowest BCUT2D eigenvalue weighted by atomic mass is 10.3. The Morgan fingerprint density at radius 3 is 2.73 bits per heavy atom. The van der Waals surface area contributed by atoms with Crippen molar-refractivity contribution in [3.05, 3.63) is 17.7 Å². The maximum Gasteiger partial charge on any atom is 0.139 e. The van der Waals surface area contributed by atoms with Crippen LogP contribution in [0.5, 0.6) is 0 Å². The van der Waals surface area contributed by atoms with Crippen molar-refractivity contribution in [2.45, 2.75) is 19.6 Å². The summed E-state index contributed by atoms with van der Waals surface area (Å²) in [6.07, 6.45) is 0.542. The maximum absolute atomic E-state index is 12.7. The zero-order valence-electron chi connectivity index (χ0n) is 6.71. The predicted molar refractivity (Wildman–Crippen MR) is 40.6 cm³/mol. The van der Waals surface area contributed by atoms with E-state index < -0.39 is 6.17 Å². The molecule has 0 aromatic carbocycles. The minimum atomic E-state index is -0.979. The quantitative estimate of drug-likeness (QED) is 0.693. The van der Waals surface area contributed by atoms with Crippen molar-refractivity contribution < 1.29 is 4.39 Å². The Bertz CT molecular complexity index is 242. The maximum atomic E-state index is 12.7. The van der Waals surface area contributed by atoms with Gasteiger partial charge < -0.3 is 10.3 Å². The molecule has 62 valence electrons. The van der Waals surface area contributed by atoms with Gasteiger partial charge in [-0.15, -0.1) is 0 Å². The Labute approximate surface area is 65.0 Å². The Morgan fingerprint density at radius 1 is 1.82 bits per heavy atom. The first-order chi connectivity index (χ1) is 5.16. The molecule has 0 radical (unpaired) electrons. The molecule has 1 aromatic rings. The molecule has 1 aromatic heterocycles. The molecule has 0 fully saturated rings. The predicted octanol–water partition coefficient (Wildman–Crippen LogP) is 0.909. The van der Waals surface area contributed by atoms with Crippen molar-refractivity contribution in [3.63, 3.8) is 0 Å². The molecule has 0 aliphatic carbocycles. The minimum Gasteiger partial charge on any atom is -0.332 e. The third-order valence-corrected chi connectivity index (χ3v) is 1.71. The van der Waals surface area contributed by atoms with E-state index in [4.69, 9.17) is 5.73 Å². The van der Waals surface area contributed by atoms with Crippen LogP contribution in [0, 0.1) is 0 Å². The van der Waals surface area contributed by atoms with Gasteiger partial charge in [-0.25, -0.2) is 9.37 Å². The molecule has 1 heterocycles. The molecular formula is C7H12FN3. The fraction of sp³-hybridized carbons (Fsp3) is 0.571. The fourth-order valence-electron chi connectivity index (χ4n) is 1.02. The van der Waals surface area contributed by atoms with E-state index in [1.165, 1.54) is 13.1 Å². The van der Waals surface area contributed by atoms with E-state index in [0.717, 1.165) is 0 Å². The number of rotatable bonds is 2. The van der Waals surface area contributed by atoms with E-state index >= 15 is 0 Å². The number of hydrogen-bond donors (Lipinski definition) is 1. The smallest absolute Gasteiger partial charge is 0.139 e. The molecule has 0 aliphatic heterocycles. The van der Waals surface area contributed by atoms with Crippen molar-refractivity contribution in [3.8, 4) is 0 Å². The Kier molecular flexibility index (Phi) is 2.24. The highest BCUT2D eigenvalue weighted by molar-refractivity contribution is 5.06. The molecule has 3 nitrogen and oxygen atoms in total. The van der Waals surface area contributed by atoms with Gasteiger partial charge in [-0.3, -0.25) is 0 Å². The average molecular weight is 157 g/mol. The third-order valence-electron chi connectivity index (χ3n) is 1.71. The lowest BCUT2D eigenvalue weighted by Gasteiger charge is -2.04. The standard InChI is InChI=1S/C7H12FN3/c1-5(8)6-4-10-7(3-9)11(6)2/h4-5H,3,9H2,1-2H3. The highest BCUT2D eigenvalue weighted by Gasteiger charge is 2.09. The molecule has 2 N–H and O–H groups in total. The molecular weight excluding hydrogens is 145 g/mol. The highest BCUT2D eigenvalue weighted by Crippen LogP contribution is 2.15. The molecule has 0 spiro atoms. The van der Waals surface area contributed by atoms with Gasteiger partial charge in [0.25, 0.3) is 0 Å². The van der Waals surface area contributed by atoms with Gasteiger partial charge in [0.2, 0.25) is 0 Å². The summed E-state index contributed by atoms with van der Waals surface area (Å²) in [4.78, 5) is 3.95. The number of halogens is 1. The second kappa shape index (κ2) is 3.00. The van der Waals surface area contributed by atoms with E-state index in [1.807, 2.05) is 0 Å². The van der Waals surface area contributed by atoms with E-state index in [-0.39, 0.29) is 0 Å². The van der Waals surface area contributed by atoms with Gasteiger partial charge in [-0.2, -0.15) is 0 Å². The van der Waals surface area contributed by atoms with Crippen LogP contribution in [0.4, 0.5) is 4.39 Å². The van der Waals surface area contributed by atoms with Crippen LogP contribution >= 0.6 is 0 Å². The first kappa shape index (κ1) is 8.20. The van der Waals surface area contributed by atoms with Crippen molar-refractivity contribution in [1.82, 2.24) is 9.55 Å². The number of hydrogen-bond acceptors (Lipinski definition) is 2. The molecule has 1 rings (SSSR count).